The molecule has 1 aliphatic carbocycles. The summed E-state index contributed by atoms with van der Waals surface area (Å²) in [7, 11) is 0. The first kappa shape index (κ1) is 13.6. The van der Waals surface area contributed by atoms with E-state index in [4.69, 9.17) is 23.2 Å². The van der Waals surface area contributed by atoms with Crippen molar-refractivity contribution in [3.05, 3.63) is 28.0 Å². The van der Waals surface area contributed by atoms with E-state index in [1.54, 1.807) is 0 Å². The maximum Gasteiger partial charge on any atom is 0.251 e. The summed E-state index contributed by atoms with van der Waals surface area (Å²) in [5.41, 5.74) is 0.0632. The maximum absolute atomic E-state index is 12.0. The number of rotatable bonds is 2. The fourth-order valence-corrected chi connectivity index (χ4v) is 2.45. The van der Waals surface area contributed by atoms with Crippen LogP contribution in [0, 0.1) is 5.41 Å². The first-order chi connectivity index (χ1) is 8.30. The van der Waals surface area contributed by atoms with Crippen molar-refractivity contribution in [2.75, 3.05) is 0 Å². The lowest BCUT2D eigenvalue weighted by molar-refractivity contribution is -0.0689. The van der Waals surface area contributed by atoms with Crippen molar-refractivity contribution in [1.82, 2.24) is 10.3 Å². The number of carbonyl (C=O) groups is 1. The van der Waals surface area contributed by atoms with Crippen LogP contribution in [0.5, 0.6) is 0 Å². The second-order valence-corrected chi connectivity index (χ2v) is 5.87. The molecule has 0 aliphatic heterocycles. The van der Waals surface area contributed by atoms with Crippen LogP contribution in [-0.2, 0) is 0 Å². The predicted molar refractivity (Wildman–Crippen MR) is 69.9 cm³/mol. The average molecular weight is 289 g/mol. The molecule has 6 heteroatoms. The van der Waals surface area contributed by atoms with Crippen molar-refractivity contribution in [2.24, 2.45) is 5.41 Å². The van der Waals surface area contributed by atoms with Crippen molar-refractivity contribution in [2.45, 2.75) is 32.4 Å². The van der Waals surface area contributed by atoms with Crippen LogP contribution in [0.25, 0.3) is 0 Å². The summed E-state index contributed by atoms with van der Waals surface area (Å²) >= 11 is 11.5. The zero-order valence-electron chi connectivity index (χ0n) is 10.1. The Morgan fingerprint density at radius 3 is 2.44 bits per heavy atom. The van der Waals surface area contributed by atoms with Crippen molar-refractivity contribution in [1.29, 1.82) is 0 Å². The van der Waals surface area contributed by atoms with Gasteiger partial charge in [0.1, 0.15) is 10.3 Å². The number of hydrogen-bond donors (Lipinski definition) is 2. The minimum absolute atomic E-state index is 0.0503. The van der Waals surface area contributed by atoms with Gasteiger partial charge in [0.15, 0.2) is 0 Å². The highest BCUT2D eigenvalue weighted by atomic mass is 35.5. The molecule has 2 atom stereocenters. The van der Waals surface area contributed by atoms with E-state index < -0.39 is 0 Å². The molecule has 0 saturated heterocycles. The zero-order valence-corrected chi connectivity index (χ0v) is 11.6. The minimum Gasteiger partial charge on any atom is -0.392 e. The van der Waals surface area contributed by atoms with Crippen LogP contribution < -0.4 is 5.32 Å². The second kappa shape index (κ2) is 4.68. The Labute approximate surface area is 115 Å². The van der Waals surface area contributed by atoms with Crippen molar-refractivity contribution >= 4 is 29.1 Å². The van der Waals surface area contributed by atoms with Crippen molar-refractivity contribution in [3.63, 3.8) is 0 Å². The van der Waals surface area contributed by atoms with E-state index in [1.165, 1.54) is 12.1 Å². The van der Waals surface area contributed by atoms with Gasteiger partial charge in [0.25, 0.3) is 5.91 Å². The number of hydrogen-bond acceptors (Lipinski definition) is 3. The van der Waals surface area contributed by atoms with Crippen LogP contribution >= 0.6 is 23.2 Å². The molecule has 1 amide bonds. The molecule has 18 heavy (non-hydrogen) atoms. The van der Waals surface area contributed by atoms with Gasteiger partial charge in [-0.15, -0.1) is 0 Å². The van der Waals surface area contributed by atoms with Crippen molar-refractivity contribution in [3.8, 4) is 0 Å². The van der Waals surface area contributed by atoms with Gasteiger partial charge in [-0.1, -0.05) is 37.0 Å². The molecule has 2 unspecified atom stereocenters. The predicted octanol–water partition coefficient (Wildman–Crippen LogP) is 2.28. The standard InChI is InChI=1S/C12H14Cl2N2O2/c1-12(2)7(5-8(12)17)15-11(18)6-3-9(13)16-10(14)4-6/h3-4,7-8,17H,5H2,1-2H3,(H,15,18). The fraction of sp³-hybridized carbons (Fsp3) is 0.500. The highest BCUT2D eigenvalue weighted by molar-refractivity contribution is 6.33. The van der Waals surface area contributed by atoms with Crippen LogP contribution in [0.4, 0.5) is 0 Å². The Morgan fingerprint density at radius 2 is 2.00 bits per heavy atom. The number of amides is 1. The average Bonchev–Trinajstić information content (AvgIpc) is 2.27. The summed E-state index contributed by atoms with van der Waals surface area (Å²) in [4.78, 5) is 15.8. The second-order valence-electron chi connectivity index (χ2n) is 5.10. The first-order valence-electron chi connectivity index (χ1n) is 5.62. The summed E-state index contributed by atoms with van der Waals surface area (Å²) in [6.07, 6.45) is 0.179. The van der Waals surface area contributed by atoms with E-state index in [0.29, 0.717) is 12.0 Å². The van der Waals surface area contributed by atoms with E-state index >= 15 is 0 Å². The molecule has 1 fully saturated rings. The summed E-state index contributed by atoms with van der Waals surface area (Å²) < 4.78 is 0. The number of pyridine rings is 1. The molecule has 98 valence electrons. The van der Waals surface area contributed by atoms with E-state index in [1.807, 2.05) is 13.8 Å². The van der Waals surface area contributed by atoms with Gasteiger partial charge in [-0.25, -0.2) is 4.98 Å². The van der Waals surface area contributed by atoms with Gasteiger partial charge in [-0.05, 0) is 18.6 Å². The van der Waals surface area contributed by atoms with Gasteiger partial charge >= 0.3 is 0 Å². The SMILES string of the molecule is CC1(C)C(O)CC1NC(=O)c1cc(Cl)nc(Cl)c1. The van der Waals surface area contributed by atoms with E-state index in [0.717, 1.165) is 0 Å². The molecule has 0 radical (unpaired) electrons. The monoisotopic (exact) mass is 288 g/mol. The molecule has 2 rings (SSSR count). The normalized spacial score (nSPS) is 25.4. The summed E-state index contributed by atoms with van der Waals surface area (Å²) in [5, 5.41) is 12.8. The smallest absolute Gasteiger partial charge is 0.251 e. The Hall–Kier alpha value is -0.840. The zero-order chi connectivity index (χ0) is 13.5. The van der Waals surface area contributed by atoms with Gasteiger partial charge in [0, 0.05) is 17.0 Å². The third-order valence-corrected chi connectivity index (χ3v) is 3.93. The van der Waals surface area contributed by atoms with Gasteiger partial charge in [-0.3, -0.25) is 4.79 Å². The summed E-state index contributed by atoms with van der Waals surface area (Å²) in [6.45, 7) is 3.83. The number of nitrogens with one attached hydrogen (secondary N) is 1. The largest absolute Gasteiger partial charge is 0.392 e. The van der Waals surface area contributed by atoms with Gasteiger partial charge in [0.2, 0.25) is 0 Å². The van der Waals surface area contributed by atoms with Crippen LogP contribution in [0.1, 0.15) is 30.6 Å². The summed E-state index contributed by atoms with van der Waals surface area (Å²) in [5.74, 6) is -0.258. The number of nitrogens with zero attached hydrogens (tertiary/aromatic N) is 1. The van der Waals surface area contributed by atoms with Crippen LogP contribution in [0.2, 0.25) is 10.3 Å². The minimum atomic E-state index is -0.382. The maximum atomic E-state index is 12.0. The molecule has 1 heterocycles. The highest BCUT2D eigenvalue weighted by Gasteiger charge is 2.47. The lowest BCUT2D eigenvalue weighted by Crippen LogP contribution is -2.61. The molecule has 1 aromatic rings. The molecule has 1 saturated carbocycles. The van der Waals surface area contributed by atoms with Crippen molar-refractivity contribution < 1.29 is 9.90 Å². The van der Waals surface area contributed by atoms with E-state index in [-0.39, 0.29) is 33.8 Å². The molecule has 2 N–H and O–H groups in total. The molecule has 0 aromatic carbocycles. The Balaban J connectivity index is 2.09. The quantitative estimate of drug-likeness (QED) is 0.821. The summed E-state index contributed by atoms with van der Waals surface area (Å²) in [6, 6.07) is 2.88. The topological polar surface area (TPSA) is 62.2 Å². The van der Waals surface area contributed by atoms with Gasteiger partial charge in [-0.2, -0.15) is 0 Å². The number of aliphatic hydroxyl groups excluding tert-OH is 1. The molecular weight excluding hydrogens is 275 g/mol. The Kier molecular flexibility index (Phi) is 3.54. The molecule has 1 aliphatic rings. The third-order valence-electron chi connectivity index (χ3n) is 3.55. The number of carbonyl (C=O) groups excluding carboxylic acids is 1. The Bertz CT molecular complexity index is 471. The Morgan fingerprint density at radius 1 is 1.44 bits per heavy atom. The van der Waals surface area contributed by atoms with Crippen LogP contribution in [-0.4, -0.2) is 28.1 Å². The third kappa shape index (κ3) is 2.46. The van der Waals surface area contributed by atoms with E-state index in [9.17, 15) is 9.90 Å². The molecule has 1 aromatic heterocycles. The molecular formula is C12H14Cl2N2O2. The molecule has 4 nitrogen and oxygen atoms in total. The first-order valence-corrected chi connectivity index (χ1v) is 6.38. The number of aromatic nitrogens is 1. The lowest BCUT2D eigenvalue weighted by atomic mass is 9.64. The van der Waals surface area contributed by atoms with Gasteiger partial charge < -0.3 is 10.4 Å². The molecule has 0 spiro atoms. The lowest BCUT2D eigenvalue weighted by Gasteiger charge is -2.49. The van der Waals surface area contributed by atoms with E-state index in [2.05, 4.69) is 10.3 Å². The molecule has 0 bridgehead atoms. The van der Waals surface area contributed by atoms with Crippen LogP contribution in [0.15, 0.2) is 12.1 Å². The number of aliphatic hydroxyl groups is 1. The van der Waals surface area contributed by atoms with Crippen LogP contribution in [0.3, 0.4) is 0 Å². The fourth-order valence-electron chi connectivity index (χ4n) is 1.98. The number of halogens is 2. The highest BCUT2D eigenvalue weighted by Crippen LogP contribution is 2.40. The van der Waals surface area contributed by atoms with Gasteiger partial charge in [0.05, 0.1) is 6.10 Å².